The number of alkyl halides is 3. The summed E-state index contributed by atoms with van der Waals surface area (Å²) in [7, 11) is -3.95. The first-order chi connectivity index (χ1) is 15.2. The van der Waals surface area contributed by atoms with Crippen LogP contribution in [-0.2, 0) is 23.0 Å². The van der Waals surface area contributed by atoms with Crippen molar-refractivity contribution in [1.82, 2.24) is 9.55 Å². The number of benzene rings is 2. The molecule has 0 amide bonds. The number of aryl methyl sites for hydroxylation is 1. The topological polar surface area (TPSA) is 99.2 Å². The van der Waals surface area contributed by atoms with E-state index in [-0.39, 0.29) is 33.7 Å². The van der Waals surface area contributed by atoms with Crippen LogP contribution in [-0.4, -0.2) is 35.2 Å². The van der Waals surface area contributed by atoms with Gasteiger partial charge in [-0.15, -0.1) is 0 Å². The van der Waals surface area contributed by atoms with Gasteiger partial charge in [-0.2, -0.15) is 13.2 Å². The number of ether oxygens (including phenoxy) is 1. The summed E-state index contributed by atoms with van der Waals surface area (Å²) < 4.78 is 69.8. The summed E-state index contributed by atoms with van der Waals surface area (Å²) in [6, 6.07) is 9.10. The quantitative estimate of drug-likeness (QED) is 0.469. The third-order valence-corrected chi connectivity index (χ3v) is 5.80. The lowest BCUT2D eigenvalue weighted by molar-refractivity contribution is -0.140. The van der Waals surface area contributed by atoms with E-state index in [0.29, 0.717) is 22.5 Å². The van der Waals surface area contributed by atoms with E-state index in [0.717, 1.165) is 4.57 Å². The molecule has 12 heteroatoms. The second-order valence-electron chi connectivity index (χ2n) is 7.74. The number of nitrogens with zero attached hydrogens (tertiary/aromatic N) is 2. The summed E-state index contributed by atoms with van der Waals surface area (Å²) in [6.07, 6.45) is -4.54. The smallest absolute Gasteiger partial charge is 0.406 e. The summed E-state index contributed by atoms with van der Waals surface area (Å²) in [5, 5.41) is 8.22. The Morgan fingerprint density at radius 2 is 1.97 bits per heavy atom. The minimum Gasteiger partial charge on any atom is -0.491 e. The van der Waals surface area contributed by atoms with E-state index in [1.165, 1.54) is 25.1 Å². The number of halogens is 3. The predicted octanol–water partition coefficient (Wildman–Crippen LogP) is 4.32. The Bertz CT molecular complexity index is 1300. The number of aromatic nitrogens is 2. The summed E-state index contributed by atoms with van der Waals surface area (Å²) in [4.78, 5) is 4.36. The zero-order chi connectivity index (χ0) is 24.6. The van der Waals surface area contributed by atoms with Crippen LogP contribution in [0.4, 0.5) is 18.9 Å². The van der Waals surface area contributed by atoms with Crippen LogP contribution in [0.15, 0.2) is 41.3 Å². The first-order valence-electron chi connectivity index (χ1n) is 9.89. The molecule has 178 valence electrons. The molecule has 3 aromatic rings. The molecule has 0 aliphatic carbocycles. The summed E-state index contributed by atoms with van der Waals surface area (Å²) in [6.45, 7) is 3.95. The molecule has 0 aliphatic heterocycles. The molecule has 0 bridgehead atoms. The lowest BCUT2D eigenvalue weighted by Gasteiger charge is -2.17. The fourth-order valence-corrected chi connectivity index (χ4v) is 4.21. The van der Waals surface area contributed by atoms with Crippen molar-refractivity contribution in [1.29, 1.82) is 0 Å². The van der Waals surface area contributed by atoms with Gasteiger partial charge in [0.25, 0.3) is 0 Å². The van der Waals surface area contributed by atoms with Crippen LogP contribution in [0.5, 0.6) is 5.75 Å². The Balaban J connectivity index is 1.96. The number of rotatable bonds is 7. The minimum absolute atomic E-state index is 0.0729. The van der Waals surface area contributed by atoms with Gasteiger partial charge in [0, 0.05) is 12.0 Å². The Kier molecular flexibility index (Phi) is 7.01. The fraction of sp³-hybridized carbons (Fsp3) is 0.333. The Morgan fingerprint density at radius 1 is 1.27 bits per heavy atom. The summed E-state index contributed by atoms with van der Waals surface area (Å²) in [5.41, 5.74) is 1.49. The van der Waals surface area contributed by atoms with Crippen molar-refractivity contribution in [2.75, 3.05) is 5.32 Å². The lowest BCUT2D eigenvalue weighted by Crippen LogP contribution is -2.20. The highest BCUT2D eigenvalue weighted by Gasteiger charge is 2.30. The SMILES string of the molecule is Cc1nc2cccc(NC(=S)Cc3cc(S(N)(=O)=O)ccc3OC(C)C)c2n1CC(F)(F)F. The first kappa shape index (κ1) is 24.9. The number of primary sulfonamides is 1. The van der Waals surface area contributed by atoms with Crippen LogP contribution in [0, 0.1) is 6.92 Å². The van der Waals surface area contributed by atoms with E-state index >= 15 is 0 Å². The molecule has 7 nitrogen and oxygen atoms in total. The number of sulfonamides is 1. The zero-order valence-corrected chi connectivity index (χ0v) is 19.7. The normalized spacial score (nSPS) is 12.4. The highest BCUT2D eigenvalue weighted by molar-refractivity contribution is 7.89. The molecule has 0 fully saturated rings. The van der Waals surface area contributed by atoms with Crippen LogP contribution in [0.2, 0.25) is 0 Å². The standard InChI is InChI=1S/C21H23F3N4O3S2/c1-12(2)31-18-8-7-15(33(25,29)30)9-14(18)10-19(32)27-17-6-4-5-16-20(17)28(13(3)26-16)11-21(22,23)24/h4-9,12H,10-11H2,1-3H3,(H,27,32)(H2,25,29,30). The summed E-state index contributed by atoms with van der Waals surface area (Å²) in [5.74, 6) is 0.647. The molecule has 3 rings (SSSR count). The van der Waals surface area contributed by atoms with Gasteiger partial charge < -0.3 is 14.6 Å². The number of para-hydroxylation sites is 1. The molecule has 33 heavy (non-hydrogen) atoms. The van der Waals surface area contributed by atoms with Crippen LogP contribution < -0.4 is 15.2 Å². The van der Waals surface area contributed by atoms with Gasteiger partial charge in [-0.1, -0.05) is 18.3 Å². The number of fused-ring (bicyclic) bond motifs is 1. The number of nitrogens with one attached hydrogen (secondary N) is 1. The molecule has 0 unspecified atom stereocenters. The lowest BCUT2D eigenvalue weighted by atomic mass is 10.1. The molecule has 1 heterocycles. The largest absolute Gasteiger partial charge is 0.491 e. The highest BCUT2D eigenvalue weighted by atomic mass is 32.2. The Labute approximate surface area is 194 Å². The minimum atomic E-state index is -4.43. The van der Waals surface area contributed by atoms with Crippen LogP contribution in [0.25, 0.3) is 11.0 Å². The maximum atomic E-state index is 13.1. The number of hydrogen-bond donors (Lipinski definition) is 2. The molecular weight excluding hydrogens is 477 g/mol. The Morgan fingerprint density at radius 3 is 2.58 bits per heavy atom. The van der Waals surface area contributed by atoms with E-state index in [2.05, 4.69) is 10.3 Å². The van der Waals surface area contributed by atoms with Crippen molar-refractivity contribution in [3.63, 3.8) is 0 Å². The van der Waals surface area contributed by atoms with E-state index in [1.54, 1.807) is 18.2 Å². The molecule has 2 aromatic carbocycles. The van der Waals surface area contributed by atoms with Crippen molar-refractivity contribution < 1.29 is 26.3 Å². The van der Waals surface area contributed by atoms with Crippen molar-refractivity contribution in [3.8, 4) is 5.75 Å². The van der Waals surface area contributed by atoms with Gasteiger partial charge in [0.1, 0.15) is 18.1 Å². The number of imidazole rings is 1. The summed E-state index contributed by atoms with van der Waals surface area (Å²) >= 11 is 5.45. The second-order valence-corrected chi connectivity index (χ2v) is 9.79. The third kappa shape index (κ3) is 6.21. The number of thiocarbonyl (C=S) groups is 1. The van der Waals surface area contributed by atoms with Gasteiger partial charge in [0.2, 0.25) is 10.0 Å². The van der Waals surface area contributed by atoms with E-state index < -0.39 is 22.7 Å². The predicted molar refractivity (Wildman–Crippen MR) is 124 cm³/mol. The van der Waals surface area contributed by atoms with Crippen molar-refractivity contribution in [3.05, 3.63) is 47.8 Å². The van der Waals surface area contributed by atoms with Gasteiger partial charge in [-0.05, 0) is 51.1 Å². The van der Waals surface area contributed by atoms with Crippen molar-refractivity contribution in [2.24, 2.45) is 5.14 Å². The van der Waals surface area contributed by atoms with Gasteiger partial charge in [0.15, 0.2) is 0 Å². The van der Waals surface area contributed by atoms with Crippen LogP contribution >= 0.6 is 12.2 Å². The van der Waals surface area contributed by atoms with Crippen LogP contribution in [0.1, 0.15) is 25.2 Å². The molecule has 0 saturated heterocycles. The zero-order valence-electron chi connectivity index (χ0n) is 18.1. The fourth-order valence-electron chi connectivity index (χ4n) is 3.38. The number of nitrogens with two attached hydrogens (primary N) is 1. The Hall–Kier alpha value is -2.70. The molecule has 0 spiro atoms. The maximum absolute atomic E-state index is 13.1. The first-order valence-corrected chi connectivity index (χ1v) is 11.8. The highest BCUT2D eigenvalue weighted by Crippen LogP contribution is 2.29. The van der Waals surface area contributed by atoms with Gasteiger partial charge in [-0.3, -0.25) is 0 Å². The molecule has 0 aliphatic rings. The average Bonchev–Trinajstić information content (AvgIpc) is 2.96. The van der Waals surface area contributed by atoms with Crippen molar-refractivity contribution >= 4 is 44.0 Å². The van der Waals surface area contributed by atoms with E-state index in [9.17, 15) is 21.6 Å². The van der Waals surface area contributed by atoms with Gasteiger partial charge in [-0.25, -0.2) is 18.5 Å². The van der Waals surface area contributed by atoms with E-state index in [1.807, 2.05) is 13.8 Å². The monoisotopic (exact) mass is 500 g/mol. The molecule has 0 radical (unpaired) electrons. The average molecular weight is 501 g/mol. The van der Waals surface area contributed by atoms with Gasteiger partial charge >= 0.3 is 6.18 Å². The second kappa shape index (κ2) is 9.27. The van der Waals surface area contributed by atoms with Crippen molar-refractivity contribution in [2.45, 2.75) is 50.9 Å². The maximum Gasteiger partial charge on any atom is 0.406 e. The third-order valence-electron chi connectivity index (χ3n) is 4.64. The van der Waals surface area contributed by atoms with Crippen LogP contribution in [0.3, 0.4) is 0 Å². The molecular formula is C21H23F3N4O3S2. The molecule has 0 atom stereocenters. The molecule has 0 saturated carbocycles. The number of hydrogen-bond acceptors (Lipinski definition) is 5. The van der Waals surface area contributed by atoms with E-state index in [4.69, 9.17) is 22.1 Å². The number of anilines is 1. The molecule has 1 aromatic heterocycles. The molecule has 3 N–H and O–H groups in total. The van der Waals surface area contributed by atoms with Gasteiger partial charge in [0.05, 0.1) is 32.7 Å².